The molecule has 0 fully saturated rings. The van der Waals surface area contributed by atoms with Crippen molar-refractivity contribution in [2.75, 3.05) is 41.7 Å². The highest BCUT2D eigenvalue weighted by atomic mass is 16.5. The van der Waals surface area contributed by atoms with E-state index in [4.69, 9.17) is 55.6 Å². The normalized spacial score (nSPS) is 11.3. The number of fused-ring (bicyclic) bond motifs is 6. The summed E-state index contributed by atoms with van der Waals surface area (Å²) in [6.07, 6.45) is 21.9. The molecule has 0 aliphatic rings. The van der Waals surface area contributed by atoms with Gasteiger partial charge in [-0.1, -0.05) is 205 Å². The van der Waals surface area contributed by atoms with Crippen LogP contribution in [0.25, 0.3) is 66.5 Å². The first-order valence-electron chi connectivity index (χ1n) is 35.8. The Morgan fingerprint density at radius 1 is 0.297 bits per heavy atom. The Morgan fingerprint density at radius 3 is 0.970 bits per heavy atom. The molecule has 14 nitrogen and oxygen atoms in total. The Morgan fingerprint density at radius 2 is 0.624 bits per heavy atom. The molecule has 0 atom stereocenters. The fraction of sp³-hybridized carbons (Fsp3) is 0.333. The molecule has 4 aromatic heterocycles. The van der Waals surface area contributed by atoms with Crippen LogP contribution in [-0.2, 0) is 48.7 Å². The lowest BCUT2D eigenvalue weighted by atomic mass is 10.1. The molecule has 4 heterocycles. The molecular formula is C87H94O14. The SMILES string of the molecule is COc1cc(-c2cc(=O)c3c(cc(OC)c4cc(CCCCCCCCCCCOCc5ccccc5)oc43)o2)ccc1OCc1ccccc1.COc1cc(-c2cc(=O)c3c(cc(OC)c4cc(CCCCCCCCCCOCc5ccccc5)oc43)o2)ccc1OCc1ccccc1. The summed E-state index contributed by atoms with van der Waals surface area (Å²) in [5, 5.41) is 2.39. The van der Waals surface area contributed by atoms with Crippen molar-refractivity contribution in [3.63, 3.8) is 0 Å². The van der Waals surface area contributed by atoms with Gasteiger partial charge in [-0.25, -0.2) is 0 Å². The highest BCUT2D eigenvalue weighted by Crippen LogP contribution is 2.41. The van der Waals surface area contributed by atoms with E-state index in [1.165, 1.54) is 93.9 Å². The first kappa shape index (κ1) is 72.2. The van der Waals surface area contributed by atoms with Gasteiger partial charge in [0.05, 0.1) is 52.4 Å². The molecule has 101 heavy (non-hydrogen) atoms. The van der Waals surface area contributed by atoms with Crippen LogP contribution in [-0.4, -0.2) is 41.7 Å². The molecule has 12 aromatic rings. The molecule has 0 N–H and O–H groups in total. The monoisotopic (exact) mass is 1360 g/mol. The molecule has 0 saturated carbocycles. The topological polar surface area (TPSA) is 161 Å². The molecule has 0 radical (unpaired) electrons. The summed E-state index contributed by atoms with van der Waals surface area (Å²) in [6, 6.07) is 62.1. The zero-order valence-corrected chi connectivity index (χ0v) is 58.9. The Labute approximate surface area is 592 Å². The van der Waals surface area contributed by atoms with Crippen molar-refractivity contribution >= 4 is 43.9 Å². The van der Waals surface area contributed by atoms with Gasteiger partial charge in [0.1, 0.15) is 69.7 Å². The highest BCUT2D eigenvalue weighted by molar-refractivity contribution is 6.07. The van der Waals surface area contributed by atoms with E-state index in [1.54, 1.807) is 40.6 Å². The van der Waals surface area contributed by atoms with Crippen LogP contribution in [0.2, 0.25) is 0 Å². The van der Waals surface area contributed by atoms with E-state index < -0.39 is 0 Å². The highest BCUT2D eigenvalue weighted by Gasteiger charge is 2.22. The van der Waals surface area contributed by atoms with Gasteiger partial charge in [-0.3, -0.25) is 9.59 Å². The second kappa shape index (κ2) is 38.0. The van der Waals surface area contributed by atoms with Crippen LogP contribution in [0.4, 0.5) is 0 Å². The largest absolute Gasteiger partial charge is 0.496 e. The Kier molecular flexibility index (Phi) is 27.2. The summed E-state index contributed by atoms with van der Waals surface area (Å²) in [5.74, 6) is 6.05. The van der Waals surface area contributed by atoms with E-state index in [0.29, 0.717) is 117 Å². The fourth-order valence-electron chi connectivity index (χ4n) is 12.7. The number of rotatable bonds is 39. The number of ether oxygens (including phenoxy) is 8. The lowest BCUT2D eigenvalue weighted by Gasteiger charge is -2.12. The summed E-state index contributed by atoms with van der Waals surface area (Å²) >= 11 is 0. The third-order valence-corrected chi connectivity index (χ3v) is 18.2. The lowest BCUT2D eigenvalue weighted by molar-refractivity contribution is 0.116. The number of methoxy groups -OCH3 is 4. The molecule has 14 heteroatoms. The minimum absolute atomic E-state index is 0.178. The third-order valence-electron chi connectivity index (χ3n) is 18.2. The van der Waals surface area contributed by atoms with E-state index in [2.05, 4.69) is 36.4 Å². The average Bonchev–Trinajstić information content (AvgIpc) is 1.71. The van der Waals surface area contributed by atoms with Crippen molar-refractivity contribution in [3.8, 4) is 57.1 Å². The van der Waals surface area contributed by atoms with Gasteiger partial charge in [0.15, 0.2) is 45.0 Å². The summed E-state index contributed by atoms with van der Waals surface area (Å²) in [7, 11) is 6.42. The van der Waals surface area contributed by atoms with Gasteiger partial charge in [0, 0.05) is 61.4 Å². The summed E-state index contributed by atoms with van der Waals surface area (Å²) in [4.78, 5) is 27.2. The van der Waals surface area contributed by atoms with Crippen molar-refractivity contribution < 1.29 is 55.6 Å². The van der Waals surface area contributed by atoms with Gasteiger partial charge < -0.3 is 55.6 Å². The van der Waals surface area contributed by atoms with Crippen molar-refractivity contribution in [2.24, 2.45) is 0 Å². The smallest absolute Gasteiger partial charge is 0.197 e. The van der Waals surface area contributed by atoms with Crippen LogP contribution in [0.15, 0.2) is 221 Å². The van der Waals surface area contributed by atoms with Crippen LogP contribution >= 0.6 is 0 Å². The Hall–Kier alpha value is -10.0. The summed E-state index contributed by atoms with van der Waals surface area (Å²) in [6.45, 7) is 3.88. The van der Waals surface area contributed by atoms with E-state index in [-0.39, 0.29) is 10.9 Å². The third kappa shape index (κ3) is 20.4. The zero-order valence-electron chi connectivity index (χ0n) is 58.9. The number of hydrogen-bond acceptors (Lipinski definition) is 14. The number of aryl methyl sites for hydroxylation is 2. The van der Waals surface area contributed by atoms with Gasteiger partial charge in [0.25, 0.3) is 0 Å². The second-order valence-electron chi connectivity index (χ2n) is 25.6. The molecule has 0 aliphatic carbocycles. The molecule has 12 rings (SSSR count). The quantitative estimate of drug-likeness (QED) is 0.0335. The van der Waals surface area contributed by atoms with E-state index in [0.717, 1.165) is 98.0 Å². The molecule has 0 amide bonds. The summed E-state index contributed by atoms with van der Waals surface area (Å²) < 4.78 is 71.5. The van der Waals surface area contributed by atoms with Gasteiger partial charge in [-0.2, -0.15) is 0 Å². The van der Waals surface area contributed by atoms with E-state index >= 15 is 0 Å². The predicted octanol–water partition coefficient (Wildman–Crippen LogP) is 21.8. The van der Waals surface area contributed by atoms with Crippen LogP contribution in [0.1, 0.15) is 143 Å². The Bertz CT molecular complexity index is 4630. The number of hydrogen-bond donors (Lipinski definition) is 0. The van der Waals surface area contributed by atoms with Crippen LogP contribution < -0.4 is 39.3 Å². The molecule has 0 saturated heterocycles. The minimum atomic E-state index is -0.180. The second-order valence-corrected chi connectivity index (χ2v) is 25.6. The number of furan rings is 2. The maximum absolute atomic E-state index is 13.6. The zero-order chi connectivity index (χ0) is 69.8. The van der Waals surface area contributed by atoms with Crippen LogP contribution in [0, 0.1) is 0 Å². The standard InChI is InChI=1S/C44H48O7.C43H46O7/c1-46-40-29-42-43(37(45)28-39(51-42)34-23-24-38(41(26-34)47-2)49-31-33-20-14-11-15-21-33)44-36(40)27-35(50-44)22-16-8-6-4-3-5-7-9-17-25-48-30-32-18-12-10-13-19-32;1-45-39-28-41-42(36(44)27-38(50-41)33-22-23-37(40(25-33)46-2)48-30-32-19-13-10-14-20-32)43-35(39)26-34(49-43)21-15-7-5-3-4-6-8-16-24-47-29-31-17-11-9-12-18-31/h10-15,18-21,23-24,26-29H,3-9,16-17,22,25,30-31H2,1-2H3;9-14,17-20,22-23,25-28H,3-8,15-16,21,24,29-30H2,1-2H3. The van der Waals surface area contributed by atoms with E-state index in [1.807, 2.05) is 133 Å². The van der Waals surface area contributed by atoms with Gasteiger partial charge in [0.2, 0.25) is 0 Å². The van der Waals surface area contributed by atoms with Crippen LogP contribution in [0.3, 0.4) is 0 Å². The first-order valence-corrected chi connectivity index (χ1v) is 35.8. The van der Waals surface area contributed by atoms with E-state index in [9.17, 15) is 9.59 Å². The molecule has 0 spiro atoms. The molecule has 8 aromatic carbocycles. The Balaban J connectivity index is 0.000000203. The average molecular weight is 1360 g/mol. The molecule has 0 aliphatic heterocycles. The maximum Gasteiger partial charge on any atom is 0.197 e. The lowest BCUT2D eigenvalue weighted by Crippen LogP contribution is -2.02. The van der Waals surface area contributed by atoms with Gasteiger partial charge in [-0.05, 0) is 96.5 Å². The number of benzene rings is 8. The fourth-order valence-corrected chi connectivity index (χ4v) is 12.7. The molecule has 526 valence electrons. The molecule has 0 bridgehead atoms. The van der Waals surface area contributed by atoms with Crippen molar-refractivity contribution in [1.82, 2.24) is 0 Å². The van der Waals surface area contributed by atoms with Crippen molar-refractivity contribution in [2.45, 2.75) is 148 Å². The summed E-state index contributed by atoms with van der Waals surface area (Å²) in [5.41, 5.74) is 7.43. The van der Waals surface area contributed by atoms with Gasteiger partial charge >= 0.3 is 0 Å². The predicted molar refractivity (Wildman–Crippen MR) is 401 cm³/mol. The first-order chi connectivity index (χ1) is 49.7. The minimum Gasteiger partial charge on any atom is -0.496 e. The van der Waals surface area contributed by atoms with Gasteiger partial charge in [-0.15, -0.1) is 0 Å². The van der Waals surface area contributed by atoms with Crippen molar-refractivity contribution in [3.05, 3.63) is 248 Å². The number of unbranched alkanes of at least 4 members (excludes halogenated alkanes) is 15. The molecule has 0 unspecified atom stereocenters. The van der Waals surface area contributed by atoms with Crippen LogP contribution in [0.5, 0.6) is 34.5 Å². The maximum atomic E-state index is 13.6. The van der Waals surface area contributed by atoms with Crippen molar-refractivity contribution in [1.29, 1.82) is 0 Å². The molecular weight excluding hydrogens is 1270 g/mol.